The normalized spacial score (nSPS) is 10.3. The second-order valence-corrected chi connectivity index (χ2v) is 3.15. The van der Waals surface area contributed by atoms with E-state index in [1.165, 1.54) is 0 Å². The molecule has 0 amide bonds. The Hall–Kier alpha value is -0.870. The summed E-state index contributed by atoms with van der Waals surface area (Å²) >= 11 is 5.59. The van der Waals surface area contributed by atoms with E-state index < -0.39 is 0 Å². The fourth-order valence-corrected chi connectivity index (χ4v) is 1.09. The molecule has 72 valence electrons. The highest BCUT2D eigenvalue weighted by Crippen LogP contribution is 1.96. The van der Waals surface area contributed by atoms with Crippen molar-refractivity contribution in [2.75, 3.05) is 6.54 Å². The van der Waals surface area contributed by atoms with Gasteiger partial charge in [0, 0.05) is 18.1 Å². The largest absolute Gasteiger partial charge is 0.305 e. The first-order valence-corrected chi connectivity index (χ1v) is 4.52. The SMILES string of the molecule is C=C(Cl)CNCc1ncnn1CC. The van der Waals surface area contributed by atoms with Crippen LogP contribution in [0.1, 0.15) is 12.7 Å². The van der Waals surface area contributed by atoms with E-state index in [4.69, 9.17) is 11.6 Å². The average molecular weight is 201 g/mol. The van der Waals surface area contributed by atoms with Crippen molar-refractivity contribution in [3.63, 3.8) is 0 Å². The van der Waals surface area contributed by atoms with E-state index in [1.807, 2.05) is 11.6 Å². The third kappa shape index (κ3) is 3.16. The Morgan fingerprint density at radius 3 is 3.15 bits per heavy atom. The molecule has 1 aromatic heterocycles. The predicted octanol–water partition coefficient (Wildman–Crippen LogP) is 1.14. The maximum Gasteiger partial charge on any atom is 0.140 e. The zero-order valence-electron chi connectivity index (χ0n) is 7.63. The Morgan fingerprint density at radius 2 is 2.54 bits per heavy atom. The van der Waals surface area contributed by atoms with Crippen LogP contribution in [0.15, 0.2) is 17.9 Å². The zero-order chi connectivity index (χ0) is 9.68. The van der Waals surface area contributed by atoms with Crippen LogP contribution in [0, 0.1) is 0 Å². The molecule has 0 radical (unpaired) electrons. The third-order valence-electron chi connectivity index (χ3n) is 1.60. The molecule has 0 aliphatic carbocycles. The first-order chi connectivity index (χ1) is 6.24. The smallest absolute Gasteiger partial charge is 0.140 e. The topological polar surface area (TPSA) is 42.7 Å². The standard InChI is InChI=1S/C8H13ClN4/c1-3-13-8(11-6-12-13)5-10-4-7(2)9/h6,10H,2-5H2,1H3. The molecule has 13 heavy (non-hydrogen) atoms. The van der Waals surface area contributed by atoms with Crippen LogP contribution in [0.3, 0.4) is 0 Å². The van der Waals surface area contributed by atoms with E-state index >= 15 is 0 Å². The van der Waals surface area contributed by atoms with Crippen molar-refractivity contribution < 1.29 is 0 Å². The molecular weight excluding hydrogens is 188 g/mol. The number of hydrogen-bond acceptors (Lipinski definition) is 3. The molecular formula is C8H13ClN4. The van der Waals surface area contributed by atoms with Crippen molar-refractivity contribution in [3.8, 4) is 0 Å². The van der Waals surface area contributed by atoms with Gasteiger partial charge in [-0.1, -0.05) is 18.2 Å². The van der Waals surface area contributed by atoms with Crippen molar-refractivity contribution in [1.82, 2.24) is 20.1 Å². The lowest BCUT2D eigenvalue weighted by atomic mass is 10.5. The summed E-state index contributed by atoms with van der Waals surface area (Å²) in [5.41, 5.74) is 0. The van der Waals surface area contributed by atoms with Gasteiger partial charge >= 0.3 is 0 Å². The van der Waals surface area contributed by atoms with Crippen molar-refractivity contribution in [3.05, 3.63) is 23.8 Å². The Labute approximate surface area is 82.6 Å². The fourth-order valence-electron chi connectivity index (χ4n) is 0.999. The van der Waals surface area contributed by atoms with Gasteiger partial charge in [0.2, 0.25) is 0 Å². The van der Waals surface area contributed by atoms with Crippen molar-refractivity contribution in [2.45, 2.75) is 20.0 Å². The zero-order valence-corrected chi connectivity index (χ0v) is 8.38. The van der Waals surface area contributed by atoms with Crippen LogP contribution in [-0.2, 0) is 13.1 Å². The van der Waals surface area contributed by atoms with Crippen LogP contribution in [0.25, 0.3) is 0 Å². The van der Waals surface area contributed by atoms with Gasteiger partial charge in [-0.25, -0.2) is 9.67 Å². The molecule has 0 spiro atoms. The van der Waals surface area contributed by atoms with E-state index in [0.29, 0.717) is 18.1 Å². The Bertz CT molecular complexity index is 281. The van der Waals surface area contributed by atoms with Gasteiger partial charge in [-0.2, -0.15) is 5.10 Å². The van der Waals surface area contributed by atoms with E-state index in [0.717, 1.165) is 12.4 Å². The first kappa shape index (κ1) is 10.2. The van der Waals surface area contributed by atoms with Crippen molar-refractivity contribution in [2.24, 2.45) is 0 Å². The number of rotatable bonds is 5. The Morgan fingerprint density at radius 1 is 1.77 bits per heavy atom. The highest BCUT2D eigenvalue weighted by molar-refractivity contribution is 6.29. The molecule has 1 heterocycles. The molecule has 0 aliphatic heterocycles. The summed E-state index contributed by atoms with van der Waals surface area (Å²) in [5, 5.41) is 7.75. The fraction of sp³-hybridized carbons (Fsp3) is 0.500. The van der Waals surface area contributed by atoms with Crippen LogP contribution in [0.5, 0.6) is 0 Å². The van der Waals surface area contributed by atoms with Crippen molar-refractivity contribution >= 4 is 11.6 Å². The van der Waals surface area contributed by atoms with E-state index in [9.17, 15) is 0 Å². The van der Waals surface area contributed by atoms with Gasteiger partial charge in [0.15, 0.2) is 0 Å². The summed E-state index contributed by atoms with van der Waals surface area (Å²) in [4.78, 5) is 4.10. The molecule has 0 unspecified atom stereocenters. The predicted molar refractivity (Wildman–Crippen MR) is 52.4 cm³/mol. The summed E-state index contributed by atoms with van der Waals surface area (Å²) in [5.74, 6) is 0.917. The first-order valence-electron chi connectivity index (χ1n) is 4.14. The highest BCUT2D eigenvalue weighted by Gasteiger charge is 2.00. The van der Waals surface area contributed by atoms with Gasteiger partial charge in [0.25, 0.3) is 0 Å². The molecule has 1 aromatic rings. The van der Waals surface area contributed by atoms with Gasteiger partial charge in [0.1, 0.15) is 12.2 Å². The number of halogens is 1. The van der Waals surface area contributed by atoms with Crippen LogP contribution < -0.4 is 5.32 Å². The summed E-state index contributed by atoms with van der Waals surface area (Å²) in [6.45, 7) is 7.70. The number of aryl methyl sites for hydroxylation is 1. The molecule has 0 aliphatic rings. The second kappa shape index (κ2) is 4.99. The maximum atomic E-state index is 5.59. The lowest BCUT2D eigenvalue weighted by Gasteiger charge is -2.03. The van der Waals surface area contributed by atoms with E-state index in [-0.39, 0.29) is 0 Å². The second-order valence-electron chi connectivity index (χ2n) is 2.61. The quantitative estimate of drug-likeness (QED) is 0.775. The monoisotopic (exact) mass is 200 g/mol. The van der Waals surface area contributed by atoms with Crippen LogP contribution >= 0.6 is 11.6 Å². The van der Waals surface area contributed by atoms with E-state index in [2.05, 4.69) is 22.0 Å². The number of aromatic nitrogens is 3. The van der Waals surface area contributed by atoms with Crippen LogP contribution in [-0.4, -0.2) is 21.3 Å². The summed E-state index contributed by atoms with van der Waals surface area (Å²) in [6.07, 6.45) is 1.55. The van der Waals surface area contributed by atoms with Gasteiger partial charge in [-0.3, -0.25) is 0 Å². The molecule has 0 bridgehead atoms. The molecule has 5 heteroatoms. The Balaban J connectivity index is 2.40. The minimum Gasteiger partial charge on any atom is -0.305 e. The molecule has 0 saturated carbocycles. The highest BCUT2D eigenvalue weighted by atomic mass is 35.5. The maximum absolute atomic E-state index is 5.59. The van der Waals surface area contributed by atoms with Gasteiger partial charge in [0.05, 0.1) is 6.54 Å². The van der Waals surface area contributed by atoms with Crippen LogP contribution in [0.4, 0.5) is 0 Å². The molecule has 0 saturated heterocycles. The van der Waals surface area contributed by atoms with Crippen molar-refractivity contribution in [1.29, 1.82) is 0 Å². The Kier molecular flexibility index (Phi) is 3.92. The van der Waals surface area contributed by atoms with Gasteiger partial charge < -0.3 is 5.32 Å². The molecule has 0 aromatic carbocycles. The summed E-state index contributed by atoms with van der Waals surface area (Å²) < 4.78 is 1.84. The molecule has 4 nitrogen and oxygen atoms in total. The lowest BCUT2D eigenvalue weighted by molar-refractivity contribution is 0.586. The number of nitrogens with zero attached hydrogens (tertiary/aromatic N) is 3. The molecule has 1 rings (SSSR count). The molecule has 0 fully saturated rings. The van der Waals surface area contributed by atoms with Crippen LogP contribution in [0.2, 0.25) is 0 Å². The van der Waals surface area contributed by atoms with E-state index in [1.54, 1.807) is 6.33 Å². The molecule has 0 atom stereocenters. The van der Waals surface area contributed by atoms with Gasteiger partial charge in [-0.05, 0) is 6.92 Å². The minimum absolute atomic E-state index is 0.595. The minimum atomic E-state index is 0.595. The summed E-state index contributed by atoms with van der Waals surface area (Å²) in [6, 6.07) is 0. The lowest BCUT2D eigenvalue weighted by Crippen LogP contribution is -2.18. The van der Waals surface area contributed by atoms with Gasteiger partial charge in [-0.15, -0.1) is 0 Å². The summed E-state index contributed by atoms with van der Waals surface area (Å²) in [7, 11) is 0. The third-order valence-corrected chi connectivity index (χ3v) is 1.73. The number of nitrogens with one attached hydrogen (secondary N) is 1. The molecule has 1 N–H and O–H groups in total. The average Bonchev–Trinajstić information content (AvgIpc) is 2.51. The number of hydrogen-bond donors (Lipinski definition) is 1.